The van der Waals surface area contributed by atoms with Crippen LogP contribution < -0.4 is 10.6 Å². The van der Waals surface area contributed by atoms with Crippen LogP contribution >= 0.6 is 11.6 Å². The van der Waals surface area contributed by atoms with Crippen LogP contribution in [0.5, 0.6) is 0 Å². The lowest BCUT2D eigenvalue weighted by molar-refractivity contribution is -0.116. The number of anilines is 2. The first kappa shape index (κ1) is 23.4. The van der Waals surface area contributed by atoms with E-state index in [2.05, 4.69) is 10.6 Å². The van der Waals surface area contributed by atoms with Gasteiger partial charge in [0.15, 0.2) is 9.84 Å². The van der Waals surface area contributed by atoms with E-state index in [1.807, 2.05) is 0 Å². The van der Waals surface area contributed by atoms with Gasteiger partial charge in [0.1, 0.15) is 5.82 Å². The van der Waals surface area contributed by atoms with Crippen molar-refractivity contribution in [3.05, 3.63) is 88.7 Å². The zero-order valence-corrected chi connectivity index (χ0v) is 18.6. The zero-order chi connectivity index (χ0) is 23.3. The fraction of sp³-hybridized carbons (Fsp3) is 0.130. The molecule has 0 saturated carbocycles. The third kappa shape index (κ3) is 6.38. The lowest BCUT2D eigenvalue weighted by Gasteiger charge is -2.11. The van der Waals surface area contributed by atoms with Crippen LogP contribution in [-0.4, -0.2) is 26.5 Å². The number of carbonyl (C=O) groups is 2. The van der Waals surface area contributed by atoms with Crippen LogP contribution in [0.4, 0.5) is 15.8 Å². The van der Waals surface area contributed by atoms with Gasteiger partial charge < -0.3 is 10.6 Å². The maximum absolute atomic E-state index is 13.2. The van der Waals surface area contributed by atoms with Gasteiger partial charge in [-0.05, 0) is 60.5 Å². The van der Waals surface area contributed by atoms with E-state index in [0.29, 0.717) is 17.8 Å². The molecule has 2 N–H and O–H groups in total. The van der Waals surface area contributed by atoms with E-state index in [4.69, 9.17) is 11.6 Å². The van der Waals surface area contributed by atoms with Crippen molar-refractivity contribution in [2.45, 2.75) is 17.7 Å². The molecule has 9 heteroatoms. The zero-order valence-electron chi connectivity index (χ0n) is 17.1. The minimum atomic E-state index is -3.45. The van der Waals surface area contributed by atoms with E-state index in [-0.39, 0.29) is 33.6 Å². The molecule has 0 saturated heterocycles. The summed E-state index contributed by atoms with van der Waals surface area (Å²) in [7, 11) is -3.45. The van der Waals surface area contributed by atoms with Crippen LogP contribution in [0.1, 0.15) is 22.3 Å². The summed E-state index contributed by atoms with van der Waals surface area (Å²) in [5.41, 5.74) is 1.63. The Bertz CT molecular complexity index is 1280. The molecule has 6 nitrogen and oxygen atoms in total. The van der Waals surface area contributed by atoms with Gasteiger partial charge in [0, 0.05) is 23.9 Å². The summed E-state index contributed by atoms with van der Waals surface area (Å²) in [6.07, 6.45) is 1.61. The lowest BCUT2D eigenvalue weighted by atomic mass is 10.1. The summed E-state index contributed by atoms with van der Waals surface area (Å²) in [6, 6.07) is 16.3. The van der Waals surface area contributed by atoms with Crippen LogP contribution in [0.2, 0.25) is 5.02 Å². The van der Waals surface area contributed by atoms with Gasteiger partial charge in [-0.25, -0.2) is 12.8 Å². The van der Waals surface area contributed by atoms with Crippen molar-refractivity contribution in [2.75, 3.05) is 16.9 Å². The van der Waals surface area contributed by atoms with E-state index in [1.54, 1.807) is 18.2 Å². The number of carbonyl (C=O) groups excluding carboxylic acids is 2. The Morgan fingerprint density at radius 3 is 2.41 bits per heavy atom. The normalized spacial score (nSPS) is 11.1. The molecule has 0 aliphatic rings. The van der Waals surface area contributed by atoms with E-state index in [1.165, 1.54) is 48.5 Å². The number of hydrogen-bond acceptors (Lipinski definition) is 4. The molecular formula is C23H20ClFN2O4S. The Kier molecular flexibility index (Phi) is 7.27. The molecule has 2 amide bonds. The quantitative estimate of drug-likeness (QED) is 0.519. The van der Waals surface area contributed by atoms with Crippen molar-refractivity contribution in [1.29, 1.82) is 0 Å². The standard InChI is InChI=1S/C23H20ClFN2O4S/c1-32(30,31)19-7-3-5-16(13-19)23(29)27-21-10-9-18(14-20(21)24)26-22(28)11-8-15-4-2-6-17(25)12-15/h2-7,9-10,12-14H,8,11H2,1H3,(H,26,28)(H,27,29). The van der Waals surface area contributed by atoms with Gasteiger partial charge in [0.05, 0.1) is 15.6 Å². The molecular weight excluding hydrogens is 455 g/mol. The van der Waals surface area contributed by atoms with Crippen molar-refractivity contribution >= 4 is 44.6 Å². The summed E-state index contributed by atoms with van der Waals surface area (Å²) >= 11 is 6.24. The Hall–Kier alpha value is -3.23. The van der Waals surface area contributed by atoms with Crippen LogP contribution in [0.25, 0.3) is 0 Å². The van der Waals surface area contributed by atoms with Crippen molar-refractivity contribution < 1.29 is 22.4 Å². The molecule has 0 heterocycles. The average molecular weight is 475 g/mol. The summed E-state index contributed by atoms with van der Waals surface area (Å²) < 4.78 is 36.6. The maximum Gasteiger partial charge on any atom is 0.255 e. The molecule has 3 rings (SSSR count). The highest BCUT2D eigenvalue weighted by Crippen LogP contribution is 2.26. The molecule has 0 aromatic heterocycles. The molecule has 0 fully saturated rings. The third-order valence-corrected chi connectivity index (χ3v) is 5.98. The molecule has 0 aliphatic carbocycles. The van der Waals surface area contributed by atoms with Crippen molar-refractivity contribution in [1.82, 2.24) is 0 Å². The molecule has 3 aromatic rings. The number of nitrogens with one attached hydrogen (secondary N) is 2. The first-order chi connectivity index (χ1) is 15.1. The second-order valence-electron chi connectivity index (χ2n) is 7.13. The van der Waals surface area contributed by atoms with Gasteiger partial charge in [0.2, 0.25) is 5.91 Å². The smallest absolute Gasteiger partial charge is 0.255 e. The fourth-order valence-electron chi connectivity index (χ4n) is 2.93. The molecule has 0 unspecified atom stereocenters. The van der Waals surface area contributed by atoms with Crippen molar-refractivity contribution in [2.24, 2.45) is 0 Å². The number of rotatable bonds is 7. The summed E-state index contributed by atoms with van der Waals surface area (Å²) in [5, 5.41) is 5.53. The number of halogens is 2. The summed E-state index contributed by atoms with van der Waals surface area (Å²) in [4.78, 5) is 24.7. The maximum atomic E-state index is 13.2. The van der Waals surface area contributed by atoms with E-state index in [9.17, 15) is 22.4 Å². The highest BCUT2D eigenvalue weighted by Gasteiger charge is 2.14. The largest absolute Gasteiger partial charge is 0.326 e. The van der Waals surface area contributed by atoms with Gasteiger partial charge in [-0.1, -0.05) is 29.8 Å². The second kappa shape index (κ2) is 9.93. The Morgan fingerprint density at radius 1 is 0.969 bits per heavy atom. The molecule has 32 heavy (non-hydrogen) atoms. The minimum Gasteiger partial charge on any atom is -0.326 e. The molecule has 0 spiro atoms. The van der Waals surface area contributed by atoms with Crippen LogP contribution in [0.15, 0.2) is 71.6 Å². The Morgan fingerprint density at radius 2 is 1.72 bits per heavy atom. The molecule has 166 valence electrons. The van der Waals surface area contributed by atoms with Gasteiger partial charge >= 0.3 is 0 Å². The molecule has 3 aromatic carbocycles. The fourth-order valence-corrected chi connectivity index (χ4v) is 3.83. The highest BCUT2D eigenvalue weighted by atomic mass is 35.5. The van der Waals surface area contributed by atoms with Crippen LogP contribution in [-0.2, 0) is 21.1 Å². The molecule has 0 atom stereocenters. The van der Waals surface area contributed by atoms with Crippen LogP contribution in [0, 0.1) is 5.82 Å². The topological polar surface area (TPSA) is 92.3 Å². The lowest BCUT2D eigenvalue weighted by Crippen LogP contribution is -2.14. The minimum absolute atomic E-state index is 0.0348. The van der Waals surface area contributed by atoms with Gasteiger partial charge in [-0.2, -0.15) is 0 Å². The number of benzene rings is 3. The number of hydrogen-bond donors (Lipinski definition) is 2. The summed E-state index contributed by atoms with van der Waals surface area (Å²) in [6.45, 7) is 0. The first-order valence-electron chi connectivity index (χ1n) is 9.57. The summed E-state index contributed by atoms with van der Waals surface area (Å²) in [5.74, 6) is -1.14. The van der Waals surface area contributed by atoms with Gasteiger partial charge in [-0.15, -0.1) is 0 Å². The van der Waals surface area contributed by atoms with Crippen LogP contribution in [0.3, 0.4) is 0 Å². The van der Waals surface area contributed by atoms with E-state index in [0.717, 1.165) is 11.8 Å². The number of aryl methyl sites for hydroxylation is 1. The van der Waals surface area contributed by atoms with E-state index >= 15 is 0 Å². The molecule has 0 aliphatic heterocycles. The highest BCUT2D eigenvalue weighted by molar-refractivity contribution is 7.90. The SMILES string of the molecule is CS(=O)(=O)c1cccc(C(=O)Nc2ccc(NC(=O)CCc3cccc(F)c3)cc2Cl)c1. The van der Waals surface area contributed by atoms with Crippen molar-refractivity contribution in [3.63, 3.8) is 0 Å². The Labute approximate surface area is 190 Å². The Balaban J connectivity index is 1.62. The molecule has 0 radical (unpaired) electrons. The predicted molar refractivity (Wildman–Crippen MR) is 122 cm³/mol. The third-order valence-electron chi connectivity index (χ3n) is 4.56. The number of sulfone groups is 1. The molecule has 0 bridgehead atoms. The average Bonchev–Trinajstić information content (AvgIpc) is 2.74. The monoisotopic (exact) mass is 474 g/mol. The van der Waals surface area contributed by atoms with E-state index < -0.39 is 15.7 Å². The van der Waals surface area contributed by atoms with Crippen molar-refractivity contribution in [3.8, 4) is 0 Å². The van der Waals surface area contributed by atoms with Gasteiger partial charge in [0.25, 0.3) is 5.91 Å². The number of amides is 2. The first-order valence-corrected chi connectivity index (χ1v) is 11.8. The second-order valence-corrected chi connectivity index (χ2v) is 9.55. The van der Waals surface area contributed by atoms with Gasteiger partial charge in [-0.3, -0.25) is 9.59 Å². The predicted octanol–water partition coefficient (Wildman–Crippen LogP) is 4.71.